The maximum Gasteiger partial charge on any atom is 0.435 e. The Morgan fingerprint density at radius 3 is 2.20 bits per heavy atom. The normalized spacial score (nSPS) is 20.6. The molecule has 84 heavy (non-hydrogen) atoms. The number of alkyl halides is 3. The summed E-state index contributed by atoms with van der Waals surface area (Å²) in [4.78, 5) is 87.7. The van der Waals surface area contributed by atoms with Crippen LogP contribution in [0.5, 0.6) is 5.75 Å². The molecule has 23 heteroatoms. The van der Waals surface area contributed by atoms with Crippen molar-refractivity contribution in [3.05, 3.63) is 94.9 Å². The van der Waals surface area contributed by atoms with Gasteiger partial charge in [0.05, 0.1) is 52.3 Å². The molecule has 11 rings (SSSR count). The van der Waals surface area contributed by atoms with Crippen molar-refractivity contribution in [1.29, 1.82) is 0 Å². The number of rotatable bonds is 13. The number of halogens is 3. The lowest BCUT2D eigenvalue weighted by Gasteiger charge is -2.40. The molecule has 446 valence electrons. The highest BCUT2D eigenvalue weighted by atomic mass is 19.4. The van der Waals surface area contributed by atoms with E-state index in [0.717, 1.165) is 82.9 Å². The van der Waals surface area contributed by atoms with Crippen LogP contribution in [-0.4, -0.2) is 156 Å². The first-order chi connectivity index (χ1) is 40.2. The monoisotopic (exact) mass is 1160 g/mol. The van der Waals surface area contributed by atoms with E-state index in [2.05, 4.69) is 41.5 Å². The van der Waals surface area contributed by atoms with Gasteiger partial charge in [-0.25, -0.2) is 14.5 Å². The maximum absolute atomic E-state index is 14.2. The van der Waals surface area contributed by atoms with Gasteiger partial charge in [0.15, 0.2) is 17.3 Å². The van der Waals surface area contributed by atoms with Crippen LogP contribution in [0.25, 0.3) is 5.69 Å². The van der Waals surface area contributed by atoms with Gasteiger partial charge in [-0.2, -0.15) is 23.3 Å². The quantitative estimate of drug-likeness (QED) is 0.100. The average molecular weight is 1160 g/mol. The molecule has 4 aliphatic heterocycles. The predicted molar refractivity (Wildman–Crippen MR) is 312 cm³/mol. The van der Waals surface area contributed by atoms with Crippen molar-refractivity contribution in [3.63, 3.8) is 0 Å². The Morgan fingerprint density at radius 2 is 1.50 bits per heavy atom. The number of Topliss-reactive ketones (excluding diaryl/α,β-unsaturated/α-hetero) is 1. The lowest BCUT2D eigenvalue weighted by Crippen LogP contribution is -2.51. The van der Waals surface area contributed by atoms with Gasteiger partial charge in [-0.15, -0.1) is 0 Å². The number of hydrogen-bond donors (Lipinski definition) is 3. The molecule has 0 bridgehead atoms. The number of anilines is 7. The molecule has 4 fully saturated rings. The fourth-order valence-corrected chi connectivity index (χ4v) is 13.0. The Morgan fingerprint density at radius 1 is 0.786 bits per heavy atom. The fourth-order valence-electron chi connectivity index (χ4n) is 13.0. The Bertz CT molecular complexity index is 3320. The Kier molecular flexibility index (Phi) is 16.3. The Labute approximate surface area is 486 Å². The standard InChI is InChI=1S/C61H74F3N13O7/c1-6-83-51-32-40(14-18-45(51)68-58-66-35-49-55(69-58)71(4)47-10-8-7-9-44(47)57(81)72(49)5)74-25-21-38(22-26-74)56(80)75-23-19-37(20-24-75)36-73-27-29-76(30-28-73)59(82)84-42-15-11-39(12-16-42)67-46-31-41(13-17-43(46)54(65)79)77-48-33-60(2,3)34-50(78)52(48)53(70-77)61(62,63)64/h7-10,13-14,17-18,31-32,35,37-39,42,67H,6,11-12,15-16,19-30,33-34,36H2,1-5H3,(H2,65,79)(H,66,68,69). The van der Waals surface area contributed by atoms with Crippen molar-refractivity contribution in [2.45, 2.75) is 103 Å². The molecule has 0 unspecified atom stereocenters. The molecule has 5 aromatic rings. The van der Waals surface area contributed by atoms with Crippen LogP contribution >= 0.6 is 0 Å². The summed E-state index contributed by atoms with van der Waals surface area (Å²) in [6.07, 6.45) is 2.15. The number of ketones is 1. The number of piperazine rings is 1. The highest BCUT2D eigenvalue weighted by molar-refractivity contribution is 6.13. The summed E-state index contributed by atoms with van der Waals surface area (Å²) in [5.41, 5.74) is 8.19. The van der Waals surface area contributed by atoms with Crippen molar-refractivity contribution < 1.29 is 46.6 Å². The molecule has 0 spiro atoms. The van der Waals surface area contributed by atoms with Gasteiger partial charge in [-0.3, -0.25) is 24.1 Å². The van der Waals surface area contributed by atoms with Crippen molar-refractivity contribution in [2.75, 3.05) is 105 Å². The minimum atomic E-state index is -4.83. The molecule has 20 nitrogen and oxygen atoms in total. The van der Waals surface area contributed by atoms with Gasteiger partial charge in [-0.05, 0) is 119 Å². The van der Waals surface area contributed by atoms with Gasteiger partial charge in [0.25, 0.3) is 11.8 Å². The Hall–Kier alpha value is -7.95. The summed E-state index contributed by atoms with van der Waals surface area (Å²) < 4.78 is 55.9. The second kappa shape index (κ2) is 23.6. The van der Waals surface area contributed by atoms with E-state index >= 15 is 0 Å². The number of para-hydroxylation sites is 1. The number of nitrogens with two attached hydrogens (primary N) is 1. The number of benzene rings is 3. The first-order valence-electron chi connectivity index (χ1n) is 29.4. The third-order valence-corrected chi connectivity index (χ3v) is 17.7. The summed E-state index contributed by atoms with van der Waals surface area (Å²) in [5, 5.41) is 10.7. The topological polar surface area (TPSA) is 217 Å². The molecule has 6 heterocycles. The molecule has 3 saturated heterocycles. The zero-order chi connectivity index (χ0) is 59.2. The Balaban J connectivity index is 0.607. The van der Waals surface area contributed by atoms with Crippen LogP contribution in [0.3, 0.4) is 0 Å². The van der Waals surface area contributed by atoms with Crippen molar-refractivity contribution in [1.82, 2.24) is 34.4 Å². The predicted octanol–water partition coefficient (Wildman–Crippen LogP) is 9.07. The van der Waals surface area contributed by atoms with E-state index in [9.17, 15) is 37.1 Å². The number of carbonyl (C=O) groups is 5. The van der Waals surface area contributed by atoms with Crippen molar-refractivity contribution in [3.8, 4) is 11.4 Å². The van der Waals surface area contributed by atoms with Gasteiger partial charge in [0.2, 0.25) is 11.9 Å². The number of ether oxygens (including phenoxy) is 2. The van der Waals surface area contributed by atoms with Gasteiger partial charge < -0.3 is 50.3 Å². The number of nitrogens with zero attached hydrogens (tertiary/aromatic N) is 10. The van der Waals surface area contributed by atoms with Crippen LogP contribution in [0.1, 0.15) is 121 Å². The number of nitrogens with one attached hydrogen (secondary N) is 2. The van der Waals surface area contributed by atoms with E-state index in [-0.39, 0.29) is 65.8 Å². The first kappa shape index (κ1) is 57.8. The molecule has 2 aliphatic carbocycles. The van der Waals surface area contributed by atoms with Gasteiger partial charge >= 0.3 is 12.3 Å². The lowest BCUT2D eigenvalue weighted by atomic mass is 9.75. The number of piperidine rings is 2. The summed E-state index contributed by atoms with van der Waals surface area (Å²) in [6, 6.07) is 17.9. The SMILES string of the molecule is CCOc1cc(N2CCC(C(=O)N3CCC(CN4CCN(C(=O)OC5CCC(Nc6cc(-n7nc(C(F)(F)F)c8c7CC(C)(C)CC8=O)ccc6C(N)=O)CC5)CC4)CC3)CC2)ccc1Nc1ncc2c(n1)N(C)c1ccccc1C(=O)N2C. The van der Waals surface area contributed by atoms with Crippen LogP contribution in [-0.2, 0) is 22.1 Å². The van der Waals surface area contributed by atoms with E-state index in [1.807, 2.05) is 69.1 Å². The average Bonchev–Trinajstić information content (AvgIpc) is 4.02. The molecule has 0 atom stereocenters. The molecule has 2 aromatic heterocycles. The van der Waals surface area contributed by atoms with Crippen molar-refractivity contribution in [2.24, 2.45) is 23.0 Å². The molecular weight excluding hydrogens is 1080 g/mol. The van der Waals surface area contributed by atoms with Gasteiger partial charge in [0, 0.05) is 109 Å². The molecule has 4 N–H and O–H groups in total. The van der Waals surface area contributed by atoms with Crippen LogP contribution in [0.4, 0.5) is 58.2 Å². The van der Waals surface area contributed by atoms with E-state index in [1.165, 1.54) is 16.8 Å². The van der Waals surface area contributed by atoms with E-state index in [1.54, 1.807) is 29.1 Å². The molecule has 0 radical (unpaired) electrons. The number of aromatic nitrogens is 4. The van der Waals surface area contributed by atoms with Gasteiger partial charge in [-0.1, -0.05) is 26.0 Å². The smallest absolute Gasteiger partial charge is 0.435 e. The summed E-state index contributed by atoms with van der Waals surface area (Å²) in [7, 11) is 3.62. The number of fused-ring (bicyclic) bond motifs is 3. The zero-order valence-corrected chi connectivity index (χ0v) is 48.3. The largest absolute Gasteiger partial charge is 0.492 e. The van der Waals surface area contributed by atoms with Crippen LogP contribution < -0.4 is 35.8 Å². The van der Waals surface area contributed by atoms with Crippen LogP contribution in [0.15, 0.2) is 66.9 Å². The molecule has 4 amide bonds. The van der Waals surface area contributed by atoms with Crippen LogP contribution in [0, 0.1) is 17.3 Å². The summed E-state index contributed by atoms with van der Waals surface area (Å²) in [6.45, 7) is 12.6. The highest BCUT2D eigenvalue weighted by Crippen LogP contribution is 2.44. The highest BCUT2D eigenvalue weighted by Gasteiger charge is 2.46. The number of primary amides is 1. The van der Waals surface area contributed by atoms with Gasteiger partial charge in [0.1, 0.15) is 17.5 Å². The first-order valence-corrected chi connectivity index (χ1v) is 29.4. The minimum Gasteiger partial charge on any atom is -0.492 e. The van der Waals surface area contributed by atoms with Crippen molar-refractivity contribution >= 4 is 69.8 Å². The third kappa shape index (κ3) is 12.1. The second-order valence-corrected chi connectivity index (χ2v) is 24.0. The number of carbonyl (C=O) groups excluding carboxylic acids is 5. The number of likely N-dealkylation sites (tertiary alicyclic amines) is 1. The molecule has 3 aromatic carbocycles. The van der Waals surface area contributed by atoms with E-state index in [4.69, 9.17) is 20.2 Å². The minimum absolute atomic E-state index is 0.0267. The molecule has 6 aliphatic rings. The van der Waals surface area contributed by atoms with E-state index in [0.29, 0.717) is 91.4 Å². The molecular formula is C61H74F3N13O7. The number of hydrogen-bond acceptors (Lipinski definition) is 15. The van der Waals surface area contributed by atoms with Crippen LogP contribution in [0.2, 0.25) is 0 Å². The summed E-state index contributed by atoms with van der Waals surface area (Å²) >= 11 is 0. The second-order valence-electron chi connectivity index (χ2n) is 24.0. The maximum atomic E-state index is 14.2. The molecule has 1 saturated carbocycles. The number of amides is 4. The fraction of sp³-hybridized carbons (Fsp3) is 0.508. The zero-order valence-electron chi connectivity index (χ0n) is 48.3. The summed E-state index contributed by atoms with van der Waals surface area (Å²) in [5.74, 6) is 0.856. The van der Waals surface area contributed by atoms with E-state index < -0.39 is 34.5 Å². The lowest BCUT2D eigenvalue weighted by molar-refractivity contribution is -0.141. The third-order valence-electron chi connectivity index (χ3n) is 17.7.